The predicted octanol–water partition coefficient (Wildman–Crippen LogP) is -0.000000000000000222. The zero-order valence-electron chi connectivity index (χ0n) is 10.9. The smallest absolute Gasteiger partial charge is 0.274 e. The fraction of sp³-hybridized carbons (Fsp3) is 0.667. The van der Waals surface area contributed by atoms with E-state index in [4.69, 9.17) is 10.5 Å². The number of ether oxygens (including phenoxy) is 1. The van der Waals surface area contributed by atoms with Crippen LogP contribution in [0.4, 0.5) is 0 Å². The summed E-state index contributed by atoms with van der Waals surface area (Å²) in [6, 6.07) is 1.74. The average molecular weight is 252 g/mol. The van der Waals surface area contributed by atoms with Gasteiger partial charge in [-0.25, -0.2) is 0 Å². The molecule has 2 rings (SSSR count). The highest BCUT2D eigenvalue weighted by atomic mass is 16.5. The molecule has 1 aromatic rings. The molecule has 0 aromatic carbocycles. The van der Waals surface area contributed by atoms with Crippen LogP contribution in [-0.2, 0) is 11.8 Å². The Hall–Kier alpha value is -1.40. The summed E-state index contributed by atoms with van der Waals surface area (Å²) in [5.41, 5.74) is 5.97. The van der Waals surface area contributed by atoms with E-state index in [-0.39, 0.29) is 11.5 Å². The predicted molar refractivity (Wildman–Crippen MR) is 67.1 cm³/mol. The molecule has 6 nitrogen and oxygen atoms in total. The van der Waals surface area contributed by atoms with Crippen molar-refractivity contribution < 1.29 is 9.53 Å². The number of piperidine rings is 1. The van der Waals surface area contributed by atoms with Crippen LogP contribution in [0.25, 0.3) is 0 Å². The third-order valence-electron chi connectivity index (χ3n) is 3.70. The van der Waals surface area contributed by atoms with Crippen molar-refractivity contribution in [2.45, 2.75) is 18.4 Å². The van der Waals surface area contributed by atoms with E-state index >= 15 is 0 Å². The quantitative estimate of drug-likeness (QED) is 0.822. The summed E-state index contributed by atoms with van der Waals surface area (Å²) in [6.45, 7) is 1.83. The molecule has 0 radical (unpaired) electrons. The Labute approximate surface area is 107 Å². The number of amides is 1. The van der Waals surface area contributed by atoms with Crippen molar-refractivity contribution in [3.05, 3.63) is 18.0 Å². The van der Waals surface area contributed by atoms with Crippen LogP contribution in [-0.4, -0.2) is 52.9 Å². The number of methoxy groups -OCH3 is 1. The maximum absolute atomic E-state index is 12.2. The van der Waals surface area contributed by atoms with Crippen LogP contribution in [0.1, 0.15) is 23.3 Å². The van der Waals surface area contributed by atoms with E-state index in [1.807, 2.05) is 4.90 Å². The zero-order chi connectivity index (χ0) is 13.2. The van der Waals surface area contributed by atoms with E-state index in [1.54, 1.807) is 31.1 Å². The molecule has 0 aliphatic carbocycles. The average Bonchev–Trinajstić information content (AvgIpc) is 2.85. The van der Waals surface area contributed by atoms with Crippen molar-refractivity contribution in [1.29, 1.82) is 0 Å². The molecule has 2 heterocycles. The summed E-state index contributed by atoms with van der Waals surface area (Å²) >= 11 is 0. The molecule has 100 valence electrons. The molecule has 18 heavy (non-hydrogen) atoms. The van der Waals surface area contributed by atoms with Gasteiger partial charge in [-0.3, -0.25) is 9.48 Å². The first-order valence-electron chi connectivity index (χ1n) is 6.14. The Morgan fingerprint density at radius 1 is 1.56 bits per heavy atom. The van der Waals surface area contributed by atoms with Crippen molar-refractivity contribution in [1.82, 2.24) is 14.7 Å². The Morgan fingerprint density at radius 3 is 2.67 bits per heavy atom. The molecule has 2 N–H and O–H groups in total. The van der Waals surface area contributed by atoms with Crippen LogP contribution in [0.5, 0.6) is 0 Å². The van der Waals surface area contributed by atoms with Crippen LogP contribution >= 0.6 is 0 Å². The van der Waals surface area contributed by atoms with Gasteiger partial charge in [0, 0.05) is 40.0 Å². The molecular formula is C12H20N4O2. The maximum atomic E-state index is 12.2. The normalized spacial score (nSPS) is 18.9. The van der Waals surface area contributed by atoms with Gasteiger partial charge in [0.2, 0.25) is 0 Å². The number of likely N-dealkylation sites (tertiary alicyclic amines) is 1. The SMILES string of the molecule is COC1(CN)CCN(C(=O)c2ccn(C)n2)CC1. The lowest BCUT2D eigenvalue weighted by Crippen LogP contribution is -2.51. The number of rotatable bonds is 3. The lowest BCUT2D eigenvalue weighted by atomic mass is 9.91. The first-order valence-corrected chi connectivity index (χ1v) is 6.14. The lowest BCUT2D eigenvalue weighted by Gasteiger charge is -2.39. The van der Waals surface area contributed by atoms with Crippen molar-refractivity contribution in [2.24, 2.45) is 12.8 Å². The van der Waals surface area contributed by atoms with Gasteiger partial charge < -0.3 is 15.4 Å². The van der Waals surface area contributed by atoms with Gasteiger partial charge in [-0.2, -0.15) is 5.10 Å². The Balaban J connectivity index is 1.99. The fourth-order valence-corrected chi connectivity index (χ4v) is 2.30. The second-order valence-electron chi connectivity index (χ2n) is 4.76. The Bertz CT molecular complexity index is 415. The lowest BCUT2D eigenvalue weighted by molar-refractivity contribution is -0.0451. The topological polar surface area (TPSA) is 73.4 Å². The molecule has 0 atom stereocenters. The van der Waals surface area contributed by atoms with E-state index in [0.29, 0.717) is 25.3 Å². The number of aryl methyl sites for hydroxylation is 1. The fourth-order valence-electron chi connectivity index (χ4n) is 2.30. The standard InChI is InChI=1S/C12H20N4O2/c1-15-6-3-10(14-15)11(17)16-7-4-12(9-13,18-2)5-8-16/h3,6H,4-5,7-9,13H2,1-2H3. The van der Waals surface area contributed by atoms with Gasteiger partial charge in [0.15, 0.2) is 0 Å². The number of hydrogen-bond donors (Lipinski definition) is 1. The van der Waals surface area contributed by atoms with Crippen molar-refractivity contribution >= 4 is 5.91 Å². The Kier molecular flexibility index (Phi) is 3.68. The minimum Gasteiger partial charge on any atom is -0.377 e. The molecule has 0 spiro atoms. The summed E-state index contributed by atoms with van der Waals surface area (Å²) in [4.78, 5) is 14.0. The van der Waals surface area contributed by atoms with Crippen LogP contribution in [0.15, 0.2) is 12.3 Å². The second kappa shape index (κ2) is 5.07. The first-order chi connectivity index (χ1) is 8.60. The molecule has 1 aromatic heterocycles. The van der Waals surface area contributed by atoms with E-state index in [9.17, 15) is 4.79 Å². The molecule has 1 aliphatic rings. The van der Waals surface area contributed by atoms with Gasteiger partial charge in [-0.05, 0) is 18.9 Å². The summed E-state index contributed by atoms with van der Waals surface area (Å²) in [5, 5.41) is 4.13. The number of aromatic nitrogens is 2. The highest BCUT2D eigenvalue weighted by Gasteiger charge is 2.35. The van der Waals surface area contributed by atoms with Gasteiger partial charge in [0.25, 0.3) is 5.91 Å². The maximum Gasteiger partial charge on any atom is 0.274 e. The largest absolute Gasteiger partial charge is 0.377 e. The molecule has 0 bridgehead atoms. The van der Waals surface area contributed by atoms with Gasteiger partial charge in [-0.15, -0.1) is 0 Å². The van der Waals surface area contributed by atoms with Crippen LogP contribution < -0.4 is 5.73 Å². The summed E-state index contributed by atoms with van der Waals surface area (Å²) in [6.07, 6.45) is 3.33. The number of nitrogens with two attached hydrogens (primary N) is 1. The van der Waals surface area contributed by atoms with Gasteiger partial charge in [0.05, 0.1) is 5.60 Å². The Morgan fingerprint density at radius 2 is 2.22 bits per heavy atom. The molecule has 0 saturated carbocycles. The van der Waals surface area contributed by atoms with E-state index < -0.39 is 0 Å². The highest BCUT2D eigenvalue weighted by Crippen LogP contribution is 2.25. The van der Waals surface area contributed by atoms with E-state index in [0.717, 1.165) is 12.8 Å². The summed E-state index contributed by atoms with van der Waals surface area (Å²) in [5.74, 6) is -0.0164. The highest BCUT2D eigenvalue weighted by molar-refractivity contribution is 5.92. The molecular weight excluding hydrogens is 232 g/mol. The number of hydrogen-bond acceptors (Lipinski definition) is 4. The molecule has 1 saturated heterocycles. The molecule has 1 aliphatic heterocycles. The van der Waals surface area contributed by atoms with Crippen molar-refractivity contribution in [3.8, 4) is 0 Å². The zero-order valence-corrected chi connectivity index (χ0v) is 10.9. The van der Waals surface area contributed by atoms with Crippen molar-refractivity contribution in [2.75, 3.05) is 26.7 Å². The summed E-state index contributed by atoms with van der Waals surface area (Å²) in [7, 11) is 3.49. The minimum absolute atomic E-state index is 0.0164. The molecule has 6 heteroatoms. The van der Waals surface area contributed by atoms with E-state index in [1.165, 1.54) is 0 Å². The number of carbonyl (C=O) groups excluding carboxylic acids is 1. The number of nitrogens with zero attached hydrogens (tertiary/aromatic N) is 3. The third kappa shape index (κ3) is 2.39. The first kappa shape index (κ1) is 13.0. The molecule has 1 amide bonds. The van der Waals surface area contributed by atoms with Gasteiger partial charge >= 0.3 is 0 Å². The third-order valence-corrected chi connectivity index (χ3v) is 3.70. The number of carbonyl (C=O) groups is 1. The van der Waals surface area contributed by atoms with Crippen LogP contribution in [0, 0.1) is 0 Å². The monoisotopic (exact) mass is 252 g/mol. The van der Waals surface area contributed by atoms with Crippen molar-refractivity contribution in [3.63, 3.8) is 0 Å². The van der Waals surface area contributed by atoms with Crippen LogP contribution in [0.2, 0.25) is 0 Å². The van der Waals surface area contributed by atoms with Crippen LogP contribution in [0.3, 0.4) is 0 Å². The van der Waals surface area contributed by atoms with E-state index in [2.05, 4.69) is 5.10 Å². The van der Waals surface area contributed by atoms with Gasteiger partial charge in [0.1, 0.15) is 5.69 Å². The molecule has 0 unspecified atom stereocenters. The second-order valence-corrected chi connectivity index (χ2v) is 4.76. The molecule has 1 fully saturated rings. The summed E-state index contributed by atoms with van der Waals surface area (Å²) < 4.78 is 7.12. The van der Waals surface area contributed by atoms with Gasteiger partial charge in [-0.1, -0.05) is 0 Å². The minimum atomic E-state index is -0.263.